The highest BCUT2D eigenvalue weighted by molar-refractivity contribution is 5.13. The third-order valence-electron chi connectivity index (χ3n) is 5.08. The predicted octanol–water partition coefficient (Wildman–Crippen LogP) is 5.24. The van der Waals surface area contributed by atoms with Gasteiger partial charge in [0.05, 0.1) is 25.2 Å². The van der Waals surface area contributed by atoms with Crippen molar-refractivity contribution in [3.05, 3.63) is 35.9 Å². The molecule has 2 rings (SSSR count). The van der Waals surface area contributed by atoms with E-state index in [4.69, 9.17) is 14.2 Å². The molecule has 1 N–H and O–H groups in total. The van der Waals surface area contributed by atoms with E-state index in [0.717, 1.165) is 31.2 Å². The largest absolute Gasteiger partial charge is 0.394 e. The minimum Gasteiger partial charge on any atom is -0.393 e. The molecule has 0 radical (unpaired) electrons. The van der Waals surface area contributed by atoms with Crippen LogP contribution in [0.4, 0.5) is 13.2 Å². The number of rotatable bonds is 13. The summed E-state index contributed by atoms with van der Waals surface area (Å²) in [7, 11) is 0. The van der Waals surface area contributed by atoms with Gasteiger partial charge in [0, 0.05) is 13.2 Å². The number of alkyl halides is 3. The van der Waals surface area contributed by atoms with E-state index in [1.165, 1.54) is 0 Å². The summed E-state index contributed by atoms with van der Waals surface area (Å²) in [4.78, 5) is 0. The van der Waals surface area contributed by atoms with Crippen LogP contribution < -0.4 is 0 Å². The Bertz CT molecular complexity index is 533. The molecule has 4 nitrogen and oxygen atoms in total. The maximum atomic E-state index is 13.3. The van der Waals surface area contributed by atoms with Crippen LogP contribution in [0.3, 0.4) is 0 Å². The summed E-state index contributed by atoms with van der Waals surface area (Å²) in [5.74, 6) is -1.67. The van der Waals surface area contributed by atoms with Gasteiger partial charge in [0.25, 0.3) is 0 Å². The fraction of sp³-hybridized carbons (Fsp3) is 0.727. The fourth-order valence-corrected chi connectivity index (χ4v) is 3.33. The van der Waals surface area contributed by atoms with E-state index in [1.54, 1.807) is 0 Å². The molecule has 1 aromatic carbocycles. The first kappa shape index (κ1) is 24.1. The van der Waals surface area contributed by atoms with Crippen LogP contribution in [0.5, 0.6) is 0 Å². The summed E-state index contributed by atoms with van der Waals surface area (Å²) in [6.07, 6.45) is -1.15. The molecular weight excluding hydrogens is 385 g/mol. The van der Waals surface area contributed by atoms with Crippen molar-refractivity contribution in [2.75, 3.05) is 19.8 Å². The lowest BCUT2D eigenvalue weighted by molar-refractivity contribution is -0.226. The summed E-state index contributed by atoms with van der Waals surface area (Å²) >= 11 is 0. The molecule has 1 aliphatic heterocycles. The Labute approximate surface area is 171 Å². The smallest absolute Gasteiger partial charge is 0.393 e. The Morgan fingerprint density at radius 2 is 1.90 bits per heavy atom. The maximum absolute atomic E-state index is 13.3. The molecule has 3 unspecified atom stereocenters. The van der Waals surface area contributed by atoms with Gasteiger partial charge in [0.2, 0.25) is 0 Å². The fourth-order valence-electron chi connectivity index (χ4n) is 3.33. The normalized spacial score (nSPS) is 19.8. The van der Waals surface area contributed by atoms with E-state index in [-0.39, 0.29) is 6.42 Å². The summed E-state index contributed by atoms with van der Waals surface area (Å²) in [6.45, 7) is 1.23. The molecule has 3 atom stereocenters. The zero-order valence-corrected chi connectivity index (χ0v) is 16.9. The van der Waals surface area contributed by atoms with E-state index >= 15 is 0 Å². The molecule has 0 spiro atoms. The van der Waals surface area contributed by atoms with Crippen LogP contribution in [-0.4, -0.2) is 43.5 Å². The minimum atomic E-state index is -4.39. The minimum absolute atomic E-state index is 0.333. The molecule has 0 aromatic heterocycles. The second-order valence-electron chi connectivity index (χ2n) is 7.65. The van der Waals surface area contributed by atoms with E-state index in [0.29, 0.717) is 39.1 Å². The molecule has 1 aliphatic rings. The van der Waals surface area contributed by atoms with Gasteiger partial charge < -0.3 is 19.3 Å². The zero-order valence-electron chi connectivity index (χ0n) is 16.9. The summed E-state index contributed by atoms with van der Waals surface area (Å²) < 4.78 is 56.0. The quantitative estimate of drug-likeness (QED) is 0.445. The highest BCUT2D eigenvalue weighted by atomic mass is 19.4. The summed E-state index contributed by atoms with van der Waals surface area (Å²) in [5.41, 5.74) is 1.11. The van der Waals surface area contributed by atoms with E-state index in [2.05, 4.69) is 0 Å². The van der Waals surface area contributed by atoms with Crippen LogP contribution in [0, 0.1) is 5.92 Å². The highest BCUT2D eigenvalue weighted by Gasteiger charge is 2.41. The number of hydrogen-bond donors (Lipinski definition) is 1. The Kier molecular flexibility index (Phi) is 11.0. The van der Waals surface area contributed by atoms with E-state index < -0.39 is 31.1 Å². The molecule has 0 aliphatic carbocycles. The molecule has 29 heavy (non-hydrogen) atoms. The Hall–Kier alpha value is -1.15. The molecule has 0 bridgehead atoms. The summed E-state index contributed by atoms with van der Waals surface area (Å²) in [5, 5.41) is 10.1. The molecule has 0 saturated carbocycles. The Morgan fingerprint density at radius 3 is 2.59 bits per heavy atom. The van der Waals surface area contributed by atoms with Crippen molar-refractivity contribution in [3.8, 4) is 0 Å². The van der Waals surface area contributed by atoms with Crippen LogP contribution in [0.1, 0.15) is 56.9 Å². The van der Waals surface area contributed by atoms with Crippen molar-refractivity contribution in [3.63, 3.8) is 0 Å². The predicted molar refractivity (Wildman–Crippen MR) is 104 cm³/mol. The first-order valence-corrected chi connectivity index (χ1v) is 10.5. The summed E-state index contributed by atoms with van der Waals surface area (Å²) in [6, 6.07) is 9.87. The molecule has 1 aromatic rings. The number of unbranched alkanes of at least 4 members (excludes halogenated alkanes) is 2. The lowest BCUT2D eigenvalue weighted by Crippen LogP contribution is -2.34. The van der Waals surface area contributed by atoms with Gasteiger partial charge in [0.15, 0.2) is 6.29 Å². The Morgan fingerprint density at radius 1 is 1.10 bits per heavy atom. The van der Waals surface area contributed by atoms with Gasteiger partial charge in [-0.15, -0.1) is 0 Å². The van der Waals surface area contributed by atoms with Gasteiger partial charge in [-0.2, -0.15) is 13.2 Å². The Balaban J connectivity index is 1.56. The average molecular weight is 418 g/mol. The third kappa shape index (κ3) is 10.4. The van der Waals surface area contributed by atoms with Crippen LogP contribution in [0.15, 0.2) is 30.3 Å². The molecule has 0 amide bonds. The molecular formula is C22H33F3O4. The van der Waals surface area contributed by atoms with Gasteiger partial charge in [-0.3, -0.25) is 0 Å². The van der Waals surface area contributed by atoms with Gasteiger partial charge >= 0.3 is 6.18 Å². The number of aliphatic hydroxyl groups is 1. The highest BCUT2D eigenvalue weighted by Crippen LogP contribution is 2.32. The van der Waals surface area contributed by atoms with Crippen molar-refractivity contribution < 1.29 is 32.5 Å². The number of ether oxygens (including phenoxy) is 3. The van der Waals surface area contributed by atoms with Crippen LogP contribution in [0.2, 0.25) is 0 Å². The molecule has 1 saturated heterocycles. The lowest BCUT2D eigenvalue weighted by atomic mass is 9.98. The SMILES string of the molecule is OC(CCCCCOCc1ccccc1)CC(COC1CCCCO1)C(F)(F)F. The first-order valence-electron chi connectivity index (χ1n) is 10.5. The van der Waals surface area contributed by atoms with Crippen molar-refractivity contribution in [2.24, 2.45) is 5.92 Å². The monoisotopic (exact) mass is 418 g/mol. The van der Waals surface area contributed by atoms with Crippen LogP contribution >= 0.6 is 0 Å². The number of benzene rings is 1. The molecule has 1 heterocycles. The standard InChI is InChI=1S/C22H33F3O4/c23-22(24,25)19(17-29-21-12-6-8-14-28-21)15-20(26)11-5-2-7-13-27-16-18-9-3-1-4-10-18/h1,3-4,9-10,19-21,26H,2,5-8,11-17H2. The second-order valence-corrected chi connectivity index (χ2v) is 7.65. The van der Waals surface area contributed by atoms with Gasteiger partial charge in [0.1, 0.15) is 0 Å². The number of halogens is 3. The second kappa shape index (κ2) is 13.2. The van der Waals surface area contributed by atoms with E-state index in [1.807, 2.05) is 30.3 Å². The van der Waals surface area contributed by atoms with Crippen molar-refractivity contribution >= 4 is 0 Å². The van der Waals surface area contributed by atoms with E-state index in [9.17, 15) is 18.3 Å². The van der Waals surface area contributed by atoms with Gasteiger partial charge in [-0.05, 0) is 44.1 Å². The zero-order chi connectivity index (χ0) is 21.0. The maximum Gasteiger partial charge on any atom is 0.394 e. The van der Waals surface area contributed by atoms with Crippen molar-refractivity contribution in [1.82, 2.24) is 0 Å². The van der Waals surface area contributed by atoms with Crippen molar-refractivity contribution in [2.45, 2.75) is 76.5 Å². The molecule has 7 heteroatoms. The topological polar surface area (TPSA) is 47.9 Å². The number of hydrogen-bond acceptors (Lipinski definition) is 4. The van der Waals surface area contributed by atoms with Crippen LogP contribution in [0.25, 0.3) is 0 Å². The van der Waals surface area contributed by atoms with Gasteiger partial charge in [-0.1, -0.05) is 43.2 Å². The average Bonchev–Trinajstić information content (AvgIpc) is 2.71. The first-order chi connectivity index (χ1) is 13.9. The molecule has 166 valence electrons. The molecule has 1 fully saturated rings. The van der Waals surface area contributed by atoms with Gasteiger partial charge in [-0.25, -0.2) is 0 Å². The third-order valence-corrected chi connectivity index (χ3v) is 5.08. The van der Waals surface area contributed by atoms with Crippen LogP contribution in [-0.2, 0) is 20.8 Å². The van der Waals surface area contributed by atoms with Crippen molar-refractivity contribution in [1.29, 1.82) is 0 Å². The number of aliphatic hydroxyl groups excluding tert-OH is 1. The lowest BCUT2D eigenvalue weighted by Gasteiger charge is -2.27.